The van der Waals surface area contributed by atoms with E-state index >= 15 is 0 Å². The van der Waals surface area contributed by atoms with Crippen LogP contribution in [0.5, 0.6) is 0 Å². The summed E-state index contributed by atoms with van der Waals surface area (Å²) in [6.45, 7) is 11.1. The summed E-state index contributed by atoms with van der Waals surface area (Å²) in [6.07, 6.45) is -0.448. The van der Waals surface area contributed by atoms with E-state index in [4.69, 9.17) is 23.4 Å². The molecule has 0 saturated carbocycles. The minimum atomic E-state index is -2.07. The van der Waals surface area contributed by atoms with Gasteiger partial charge in [-0.2, -0.15) is 0 Å². The van der Waals surface area contributed by atoms with Crippen molar-refractivity contribution in [3.8, 4) is 0 Å². The molecule has 0 amide bonds. The molecule has 1 aliphatic rings. The zero-order valence-corrected chi connectivity index (χ0v) is 16.7. The third kappa shape index (κ3) is 6.41. The van der Waals surface area contributed by atoms with Crippen molar-refractivity contribution in [1.82, 2.24) is 0 Å². The average Bonchev–Trinajstić information content (AvgIpc) is 2.99. The van der Waals surface area contributed by atoms with Gasteiger partial charge in [0.1, 0.15) is 0 Å². The van der Waals surface area contributed by atoms with Gasteiger partial charge in [-0.25, -0.2) is 0 Å². The van der Waals surface area contributed by atoms with Crippen molar-refractivity contribution < 1.29 is 42.3 Å². The molecule has 1 aliphatic heterocycles. The van der Waals surface area contributed by atoms with E-state index in [1.807, 2.05) is 65.8 Å². The Labute approximate surface area is 163 Å². The fraction of sp³-hybridized carbons (Fsp3) is 0.667. The number of hydrogen-bond acceptors (Lipinski definition) is 5. The van der Waals surface area contributed by atoms with Crippen LogP contribution < -0.4 is 24.3 Å². The minimum absolute atomic E-state index is 0. The van der Waals surface area contributed by atoms with Gasteiger partial charge in [0.2, 0.25) is 0 Å². The van der Waals surface area contributed by atoms with Gasteiger partial charge in [-0.3, -0.25) is 0 Å². The van der Waals surface area contributed by atoms with E-state index in [0.29, 0.717) is 13.2 Å². The SMILES string of the molecule is CC(C)O[B-](OC(C)C)(OC(C)C)c1cccc(C2OCCO2)c1.[Li+]. The molecule has 136 valence electrons. The first kappa shape index (κ1) is 22.7. The minimum Gasteiger partial charge on any atom is -0.539 e. The van der Waals surface area contributed by atoms with Gasteiger partial charge in [0.25, 0.3) is 0 Å². The standard InChI is InChI=1S/C18H30BO5.Li/c1-13(2)22-19(23-14(3)4,24-15(5)6)17-9-7-8-16(12-17)18-20-10-11-21-18;/h7-9,12-15,18H,10-11H2,1-6H3;/q-1;+1. The second-order valence-corrected chi connectivity index (χ2v) is 6.94. The molecular formula is C18H30BLiO5. The maximum atomic E-state index is 6.20. The third-order valence-electron chi connectivity index (χ3n) is 3.57. The van der Waals surface area contributed by atoms with Crippen molar-refractivity contribution in [2.45, 2.75) is 66.1 Å². The monoisotopic (exact) mass is 344 g/mol. The van der Waals surface area contributed by atoms with E-state index in [1.165, 1.54) is 0 Å². The first-order chi connectivity index (χ1) is 11.3. The topological polar surface area (TPSA) is 46.2 Å². The van der Waals surface area contributed by atoms with Crippen LogP contribution in [0.2, 0.25) is 0 Å². The van der Waals surface area contributed by atoms with E-state index in [-0.39, 0.29) is 43.5 Å². The van der Waals surface area contributed by atoms with Crippen molar-refractivity contribution in [3.63, 3.8) is 0 Å². The normalized spacial score (nSPS) is 16.0. The summed E-state index contributed by atoms with van der Waals surface area (Å²) in [4.78, 5) is 0. The Kier molecular flexibility index (Phi) is 9.21. The molecule has 0 bridgehead atoms. The molecule has 2 rings (SSSR count). The predicted octanol–water partition coefficient (Wildman–Crippen LogP) is 0.157. The molecule has 0 atom stereocenters. The van der Waals surface area contributed by atoms with Crippen LogP contribution in [0.4, 0.5) is 0 Å². The van der Waals surface area contributed by atoms with Crippen LogP contribution in [0.1, 0.15) is 53.4 Å². The Hall–Kier alpha value is -0.318. The predicted molar refractivity (Wildman–Crippen MR) is 95.1 cm³/mol. The van der Waals surface area contributed by atoms with Crippen molar-refractivity contribution >= 4 is 12.2 Å². The van der Waals surface area contributed by atoms with Crippen LogP contribution >= 0.6 is 0 Å². The van der Waals surface area contributed by atoms with Crippen molar-refractivity contribution in [1.29, 1.82) is 0 Å². The molecule has 25 heavy (non-hydrogen) atoms. The maximum Gasteiger partial charge on any atom is 1.00 e. The van der Waals surface area contributed by atoms with Crippen molar-refractivity contribution in [3.05, 3.63) is 29.8 Å². The Morgan fingerprint density at radius 3 is 1.80 bits per heavy atom. The smallest absolute Gasteiger partial charge is 0.539 e. The van der Waals surface area contributed by atoms with Crippen LogP contribution in [-0.2, 0) is 23.4 Å². The molecule has 0 spiro atoms. The molecular weight excluding hydrogens is 314 g/mol. The molecule has 1 aromatic carbocycles. The fourth-order valence-electron chi connectivity index (χ4n) is 2.88. The Morgan fingerprint density at radius 2 is 1.36 bits per heavy atom. The first-order valence-electron chi connectivity index (χ1n) is 8.83. The third-order valence-corrected chi connectivity index (χ3v) is 3.57. The van der Waals surface area contributed by atoms with Crippen LogP contribution in [0, 0.1) is 0 Å². The molecule has 0 N–H and O–H groups in total. The maximum absolute atomic E-state index is 6.20. The summed E-state index contributed by atoms with van der Waals surface area (Å²) < 4.78 is 29.8. The van der Waals surface area contributed by atoms with Crippen LogP contribution in [0.3, 0.4) is 0 Å². The second kappa shape index (κ2) is 10.1. The Bertz CT molecular complexity index is 491. The Morgan fingerprint density at radius 1 is 0.880 bits per heavy atom. The molecule has 7 heteroatoms. The fourth-order valence-corrected chi connectivity index (χ4v) is 2.88. The quantitative estimate of drug-likeness (QED) is 0.629. The largest absolute Gasteiger partial charge is 1.00 e. The molecule has 1 heterocycles. The van der Waals surface area contributed by atoms with Gasteiger partial charge in [-0.1, -0.05) is 24.3 Å². The molecule has 0 aliphatic carbocycles. The summed E-state index contributed by atoms with van der Waals surface area (Å²) in [7, 11) is 0. The molecule has 1 saturated heterocycles. The number of benzene rings is 1. The molecule has 5 nitrogen and oxygen atoms in total. The zero-order chi connectivity index (χ0) is 17.7. The number of rotatable bonds is 8. The summed E-state index contributed by atoms with van der Waals surface area (Å²) in [5.41, 5.74) is 1.81. The number of ether oxygens (including phenoxy) is 2. The summed E-state index contributed by atoms with van der Waals surface area (Å²) in [5.74, 6) is 0. The van der Waals surface area contributed by atoms with Gasteiger partial charge >= 0.3 is 25.6 Å². The zero-order valence-electron chi connectivity index (χ0n) is 16.7. The second-order valence-electron chi connectivity index (χ2n) is 6.94. The molecule has 0 aromatic heterocycles. The van der Waals surface area contributed by atoms with E-state index < -0.39 is 6.75 Å². The van der Waals surface area contributed by atoms with Crippen LogP contribution in [0.25, 0.3) is 0 Å². The van der Waals surface area contributed by atoms with E-state index in [9.17, 15) is 0 Å². The molecule has 0 unspecified atom stereocenters. The number of hydrogen-bond donors (Lipinski definition) is 0. The van der Waals surface area contributed by atoms with Gasteiger partial charge in [0.05, 0.1) is 13.2 Å². The van der Waals surface area contributed by atoms with E-state index in [2.05, 4.69) is 0 Å². The average molecular weight is 344 g/mol. The summed E-state index contributed by atoms with van der Waals surface area (Å²) in [6, 6.07) is 7.93. The summed E-state index contributed by atoms with van der Waals surface area (Å²) in [5, 5.41) is 0. The van der Waals surface area contributed by atoms with Crippen molar-refractivity contribution in [2.75, 3.05) is 13.2 Å². The van der Waals surface area contributed by atoms with Gasteiger partial charge in [0, 0.05) is 23.9 Å². The van der Waals surface area contributed by atoms with Gasteiger partial charge in [-0.05, 0) is 41.5 Å². The molecule has 0 radical (unpaired) electrons. The van der Waals surface area contributed by atoms with Crippen LogP contribution in [-0.4, -0.2) is 38.3 Å². The van der Waals surface area contributed by atoms with Crippen LogP contribution in [0.15, 0.2) is 24.3 Å². The molecule has 1 aromatic rings. The summed E-state index contributed by atoms with van der Waals surface area (Å²) >= 11 is 0. The Balaban J connectivity index is 0.00000312. The van der Waals surface area contributed by atoms with Gasteiger partial charge in [-0.15, -0.1) is 5.46 Å². The van der Waals surface area contributed by atoms with Crippen molar-refractivity contribution in [2.24, 2.45) is 0 Å². The molecule has 1 fully saturated rings. The van der Waals surface area contributed by atoms with E-state index in [0.717, 1.165) is 11.0 Å². The van der Waals surface area contributed by atoms with Gasteiger partial charge < -0.3 is 23.4 Å². The van der Waals surface area contributed by atoms with Gasteiger partial charge in [0.15, 0.2) is 6.29 Å². The van der Waals surface area contributed by atoms with E-state index in [1.54, 1.807) is 0 Å². The first-order valence-corrected chi connectivity index (χ1v) is 8.83.